The number of nitrogens with zero attached hydrogens (tertiary/aromatic N) is 1. The maximum Gasteiger partial charge on any atom is 0.177 e. The van der Waals surface area contributed by atoms with Crippen LogP contribution in [0, 0.1) is 0 Å². The van der Waals surface area contributed by atoms with E-state index < -0.39 is 9.84 Å². The van der Waals surface area contributed by atoms with E-state index >= 15 is 0 Å². The van der Waals surface area contributed by atoms with Gasteiger partial charge >= 0.3 is 0 Å². The molecule has 0 unspecified atom stereocenters. The van der Waals surface area contributed by atoms with Gasteiger partial charge in [0.05, 0.1) is 4.91 Å². The minimum Gasteiger partial charge on any atom is -0.507 e. The first-order valence-electron chi connectivity index (χ1n) is 7.90. The van der Waals surface area contributed by atoms with Crippen molar-refractivity contribution in [3.05, 3.63) is 33.7 Å². The highest BCUT2D eigenvalue weighted by atomic mass is 32.2. The quantitative estimate of drug-likeness (QED) is 0.835. The molecule has 0 aliphatic carbocycles. The minimum atomic E-state index is -3.38. The van der Waals surface area contributed by atoms with Crippen LogP contribution in [0.3, 0.4) is 0 Å². The number of phenolic OH excluding ortho intramolecular Hbond substituents is 1. The molecule has 1 N–H and O–H groups in total. The van der Waals surface area contributed by atoms with Gasteiger partial charge in [0.25, 0.3) is 0 Å². The first-order valence-corrected chi connectivity index (χ1v) is 9.79. The summed E-state index contributed by atoms with van der Waals surface area (Å²) in [5.41, 5.74) is 1.80. The molecule has 0 aliphatic heterocycles. The van der Waals surface area contributed by atoms with Crippen LogP contribution in [0.25, 0.3) is 6.08 Å². The molecule has 5 heteroatoms. The number of phenols is 1. The van der Waals surface area contributed by atoms with Gasteiger partial charge in [-0.15, -0.1) is 0 Å². The minimum absolute atomic E-state index is 0.149. The predicted molar refractivity (Wildman–Crippen MR) is 103 cm³/mol. The van der Waals surface area contributed by atoms with Gasteiger partial charge < -0.3 is 5.11 Å². The normalized spacial score (nSPS) is 14.4. The first kappa shape index (κ1) is 20.4. The van der Waals surface area contributed by atoms with Gasteiger partial charge in [0, 0.05) is 30.6 Å². The SMILES string of the molecule is CN=C/C(=C\c1cc(C(C)(C)C)c(O)c(C(C)(C)C)c1)S(C)(=O)=O. The van der Waals surface area contributed by atoms with E-state index in [1.54, 1.807) is 6.08 Å². The van der Waals surface area contributed by atoms with E-state index in [0.717, 1.165) is 22.9 Å². The Morgan fingerprint density at radius 1 is 1.04 bits per heavy atom. The zero-order chi connectivity index (χ0) is 18.9. The summed E-state index contributed by atoms with van der Waals surface area (Å²) in [6, 6.07) is 3.69. The number of benzene rings is 1. The molecular formula is C19H29NO3S. The average Bonchev–Trinajstić information content (AvgIpc) is 2.36. The van der Waals surface area contributed by atoms with Gasteiger partial charge in [-0.25, -0.2) is 8.42 Å². The van der Waals surface area contributed by atoms with Crippen LogP contribution in [0.2, 0.25) is 0 Å². The fourth-order valence-electron chi connectivity index (χ4n) is 2.42. The molecular weight excluding hydrogens is 322 g/mol. The largest absolute Gasteiger partial charge is 0.507 e. The van der Waals surface area contributed by atoms with Crippen molar-refractivity contribution in [2.75, 3.05) is 13.3 Å². The molecule has 0 amide bonds. The van der Waals surface area contributed by atoms with Crippen molar-refractivity contribution >= 4 is 22.1 Å². The smallest absolute Gasteiger partial charge is 0.177 e. The van der Waals surface area contributed by atoms with Crippen LogP contribution in [0.5, 0.6) is 5.75 Å². The van der Waals surface area contributed by atoms with Crippen LogP contribution in [-0.2, 0) is 20.7 Å². The highest BCUT2D eigenvalue weighted by molar-refractivity contribution is 7.95. The van der Waals surface area contributed by atoms with Gasteiger partial charge in [-0.1, -0.05) is 41.5 Å². The predicted octanol–water partition coefficient (Wildman–Crippen LogP) is 4.07. The van der Waals surface area contributed by atoms with Crippen LogP contribution in [-0.4, -0.2) is 33.0 Å². The zero-order valence-corrected chi connectivity index (χ0v) is 16.7. The second-order valence-corrected chi connectivity index (χ2v) is 10.2. The fourth-order valence-corrected chi connectivity index (χ4v) is 3.06. The van der Waals surface area contributed by atoms with Gasteiger partial charge in [-0.3, -0.25) is 4.99 Å². The molecule has 0 radical (unpaired) electrons. The number of hydrogen-bond acceptors (Lipinski definition) is 4. The molecule has 1 aromatic rings. The van der Waals surface area contributed by atoms with Crippen molar-refractivity contribution in [2.24, 2.45) is 4.99 Å². The second-order valence-electron chi connectivity index (χ2n) is 8.17. The molecule has 0 spiro atoms. The summed E-state index contributed by atoms with van der Waals surface area (Å²) >= 11 is 0. The average molecular weight is 352 g/mol. The summed E-state index contributed by atoms with van der Waals surface area (Å²) < 4.78 is 23.9. The molecule has 1 rings (SSSR count). The highest BCUT2D eigenvalue weighted by Gasteiger charge is 2.26. The third kappa shape index (κ3) is 4.94. The molecule has 0 saturated carbocycles. The molecule has 134 valence electrons. The lowest BCUT2D eigenvalue weighted by Crippen LogP contribution is -2.17. The van der Waals surface area contributed by atoms with Gasteiger partial charge in [0.2, 0.25) is 0 Å². The molecule has 0 fully saturated rings. The molecule has 0 atom stereocenters. The Bertz CT molecular complexity index is 739. The Labute approximate surface area is 146 Å². The van der Waals surface area contributed by atoms with Crippen LogP contribution < -0.4 is 0 Å². The standard InChI is InChI=1S/C19H29NO3S/c1-18(2,3)15-10-13(9-14(12-20-7)24(8,22)23)11-16(17(15)21)19(4,5)6/h9-12,21H,1-8H3/b14-9+,20-12?. The molecule has 0 bridgehead atoms. The van der Waals surface area contributed by atoms with E-state index in [0.29, 0.717) is 0 Å². The number of hydrogen-bond donors (Lipinski definition) is 1. The van der Waals surface area contributed by atoms with Gasteiger partial charge in [0.1, 0.15) is 5.75 Å². The summed E-state index contributed by atoms with van der Waals surface area (Å²) in [6.07, 6.45) is 4.11. The van der Waals surface area contributed by atoms with Crippen molar-refractivity contribution in [3.8, 4) is 5.75 Å². The van der Waals surface area contributed by atoms with E-state index in [1.165, 1.54) is 13.3 Å². The van der Waals surface area contributed by atoms with E-state index in [4.69, 9.17) is 0 Å². The fraction of sp³-hybridized carbons (Fsp3) is 0.526. The van der Waals surface area contributed by atoms with Crippen LogP contribution in [0.1, 0.15) is 58.2 Å². The number of rotatable bonds is 3. The lowest BCUT2D eigenvalue weighted by molar-refractivity contribution is 0.423. The summed E-state index contributed by atoms with van der Waals surface area (Å²) in [6.45, 7) is 12.1. The Morgan fingerprint density at radius 2 is 1.46 bits per heavy atom. The Hall–Kier alpha value is -1.62. The van der Waals surface area contributed by atoms with Crippen molar-refractivity contribution in [3.63, 3.8) is 0 Å². The summed E-state index contributed by atoms with van der Waals surface area (Å²) in [7, 11) is -1.84. The van der Waals surface area contributed by atoms with Gasteiger partial charge in [0.15, 0.2) is 9.84 Å². The van der Waals surface area contributed by atoms with Crippen LogP contribution >= 0.6 is 0 Å². The van der Waals surface area contributed by atoms with Crippen molar-refractivity contribution in [1.29, 1.82) is 0 Å². The van der Waals surface area contributed by atoms with Gasteiger partial charge in [-0.05, 0) is 34.6 Å². The van der Waals surface area contributed by atoms with Crippen LogP contribution in [0.15, 0.2) is 22.0 Å². The Kier molecular flexibility index (Phi) is 5.71. The van der Waals surface area contributed by atoms with E-state index in [1.807, 2.05) is 53.7 Å². The Balaban J connectivity index is 3.78. The van der Waals surface area contributed by atoms with E-state index in [2.05, 4.69) is 4.99 Å². The third-order valence-corrected chi connectivity index (χ3v) is 4.82. The number of aromatic hydroxyl groups is 1. The molecule has 0 heterocycles. The number of sulfone groups is 1. The highest BCUT2D eigenvalue weighted by Crippen LogP contribution is 2.40. The molecule has 1 aromatic carbocycles. The summed E-state index contributed by atoms with van der Waals surface area (Å²) in [4.78, 5) is 3.99. The van der Waals surface area contributed by atoms with Crippen molar-refractivity contribution < 1.29 is 13.5 Å². The number of aliphatic imine (C=N–C) groups is 1. The van der Waals surface area contributed by atoms with E-state index in [-0.39, 0.29) is 21.5 Å². The summed E-state index contributed by atoms with van der Waals surface area (Å²) in [5.74, 6) is 0.275. The second kappa shape index (κ2) is 6.71. The lowest BCUT2D eigenvalue weighted by atomic mass is 9.78. The van der Waals surface area contributed by atoms with Crippen molar-refractivity contribution in [2.45, 2.75) is 52.4 Å². The maximum atomic E-state index is 11.9. The molecule has 4 nitrogen and oxygen atoms in total. The summed E-state index contributed by atoms with van der Waals surface area (Å²) in [5, 5.41) is 10.7. The monoisotopic (exact) mass is 351 g/mol. The maximum absolute atomic E-state index is 11.9. The Morgan fingerprint density at radius 3 is 1.75 bits per heavy atom. The number of allylic oxidation sites excluding steroid dienone is 1. The molecule has 0 aliphatic rings. The van der Waals surface area contributed by atoms with Crippen molar-refractivity contribution in [1.82, 2.24) is 0 Å². The molecule has 0 aromatic heterocycles. The molecule has 24 heavy (non-hydrogen) atoms. The first-order chi connectivity index (χ1) is 10.7. The van der Waals surface area contributed by atoms with Gasteiger partial charge in [-0.2, -0.15) is 0 Å². The lowest BCUT2D eigenvalue weighted by Gasteiger charge is -2.28. The third-order valence-electron chi connectivity index (χ3n) is 3.74. The topological polar surface area (TPSA) is 66.7 Å². The van der Waals surface area contributed by atoms with Crippen LogP contribution in [0.4, 0.5) is 0 Å². The van der Waals surface area contributed by atoms with E-state index in [9.17, 15) is 13.5 Å². The molecule has 0 saturated heterocycles. The zero-order valence-electron chi connectivity index (χ0n) is 15.9.